The quantitative estimate of drug-likeness (QED) is 0.945. The fourth-order valence-electron chi connectivity index (χ4n) is 1.89. The maximum Gasteiger partial charge on any atom is 0.253 e. The summed E-state index contributed by atoms with van der Waals surface area (Å²) in [5.74, 6) is -0.247. The highest BCUT2D eigenvalue weighted by atomic mass is 35.5. The summed E-state index contributed by atoms with van der Waals surface area (Å²) >= 11 is 5.86. The fourth-order valence-corrected chi connectivity index (χ4v) is 2.12. The van der Waals surface area contributed by atoms with Gasteiger partial charge in [0.2, 0.25) is 5.91 Å². The molecule has 104 valence electrons. The molecule has 0 fully saturated rings. The van der Waals surface area contributed by atoms with Crippen LogP contribution in [0.1, 0.15) is 11.1 Å². The first kappa shape index (κ1) is 14.3. The minimum absolute atomic E-state index is 0.0113. The maximum atomic E-state index is 12.0. The highest BCUT2D eigenvalue weighted by Gasteiger charge is 2.07. The van der Waals surface area contributed by atoms with Crippen molar-refractivity contribution in [1.29, 1.82) is 0 Å². The van der Waals surface area contributed by atoms with E-state index < -0.39 is 0 Å². The van der Waals surface area contributed by atoms with Crippen LogP contribution in [0.2, 0.25) is 5.02 Å². The summed E-state index contributed by atoms with van der Waals surface area (Å²) < 4.78 is 1.38. The number of hydrogen-bond acceptors (Lipinski definition) is 2. The first-order valence-corrected chi connectivity index (χ1v) is 6.57. The number of amides is 1. The summed E-state index contributed by atoms with van der Waals surface area (Å²) in [6, 6.07) is 8.70. The highest BCUT2D eigenvalue weighted by molar-refractivity contribution is 6.30. The van der Waals surface area contributed by atoms with Gasteiger partial charge in [-0.25, -0.2) is 0 Å². The van der Waals surface area contributed by atoms with Gasteiger partial charge in [0.25, 0.3) is 5.56 Å². The third-order valence-electron chi connectivity index (χ3n) is 2.99. The second-order valence-corrected chi connectivity index (χ2v) is 5.07. The van der Waals surface area contributed by atoms with Crippen molar-refractivity contribution < 1.29 is 4.79 Å². The molecule has 0 aliphatic carbocycles. The van der Waals surface area contributed by atoms with Gasteiger partial charge < -0.3 is 9.88 Å². The molecule has 0 atom stereocenters. The normalized spacial score (nSPS) is 10.3. The lowest BCUT2D eigenvalue weighted by molar-refractivity contribution is -0.116. The summed E-state index contributed by atoms with van der Waals surface area (Å²) in [4.78, 5) is 23.8. The second kappa shape index (κ2) is 5.92. The number of benzene rings is 1. The molecule has 0 saturated carbocycles. The SMILES string of the molecule is Cc1cc(Cl)ccc1NC(=O)Cn1cccc(C)c1=O. The molecule has 2 rings (SSSR count). The van der Waals surface area contributed by atoms with Gasteiger partial charge in [0.1, 0.15) is 6.54 Å². The summed E-state index contributed by atoms with van der Waals surface area (Å²) in [5, 5.41) is 3.40. The number of halogens is 1. The Hall–Kier alpha value is -2.07. The van der Waals surface area contributed by atoms with E-state index in [0.717, 1.165) is 5.56 Å². The van der Waals surface area contributed by atoms with Crippen LogP contribution in [0.15, 0.2) is 41.3 Å². The minimum Gasteiger partial charge on any atom is -0.324 e. The van der Waals surface area contributed by atoms with Crippen LogP contribution in [0.4, 0.5) is 5.69 Å². The van der Waals surface area contributed by atoms with Crippen molar-refractivity contribution >= 4 is 23.2 Å². The molecular weight excluding hydrogens is 276 g/mol. The Bertz CT molecular complexity index is 707. The molecule has 0 bridgehead atoms. The zero-order valence-electron chi connectivity index (χ0n) is 11.3. The van der Waals surface area contributed by atoms with Crippen LogP contribution in [0.3, 0.4) is 0 Å². The number of aromatic nitrogens is 1. The molecule has 20 heavy (non-hydrogen) atoms. The van der Waals surface area contributed by atoms with E-state index in [9.17, 15) is 9.59 Å². The molecule has 1 N–H and O–H groups in total. The van der Waals surface area contributed by atoms with E-state index in [1.165, 1.54) is 4.57 Å². The molecule has 5 heteroatoms. The van der Waals surface area contributed by atoms with Crippen LogP contribution < -0.4 is 10.9 Å². The first-order valence-electron chi connectivity index (χ1n) is 6.19. The Morgan fingerprint density at radius 3 is 2.70 bits per heavy atom. The van der Waals surface area contributed by atoms with Crippen molar-refractivity contribution in [3.8, 4) is 0 Å². The number of hydrogen-bond donors (Lipinski definition) is 1. The number of aryl methyl sites for hydroxylation is 2. The van der Waals surface area contributed by atoms with Gasteiger partial charge in [-0.2, -0.15) is 0 Å². The Kier molecular flexibility index (Phi) is 4.25. The summed E-state index contributed by atoms with van der Waals surface area (Å²) in [6.45, 7) is 3.57. The van der Waals surface area contributed by atoms with E-state index >= 15 is 0 Å². The van der Waals surface area contributed by atoms with Gasteiger partial charge in [0.05, 0.1) is 0 Å². The monoisotopic (exact) mass is 290 g/mol. The van der Waals surface area contributed by atoms with E-state index in [2.05, 4.69) is 5.32 Å². The summed E-state index contributed by atoms with van der Waals surface area (Å²) in [6.07, 6.45) is 1.60. The molecule has 0 unspecified atom stereocenters. The molecule has 0 saturated heterocycles. The van der Waals surface area contributed by atoms with Gasteiger partial charge in [0.15, 0.2) is 0 Å². The molecule has 0 aliphatic rings. The van der Waals surface area contributed by atoms with Crippen molar-refractivity contribution in [2.45, 2.75) is 20.4 Å². The average molecular weight is 291 g/mol. The lowest BCUT2D eigenvalue weighted by Crippen LogP contribution is -2.28. The van der Waals surface area contributed by atoms with Crippen LogP contribution in [0, 0.1) is 13.8 Å². The number of pyridine rings is 1. The second-order valence-electron chi connectivity index (χ2n) is 4.63. The number of nitrogens with one attached hydrogen (secondary N) is 1. The number of rotatable bonds is 3. The molecule has 0 radical (unpaired) electrons. The van der Waals surface area contributed by atoms with Gasteiger partial charge in [-0.3, -0.25) is 9.59 Å². The molecule has 0 spiro atoms. The minimum atomic E-state index is -0.247. The maximum absolute atomic E-state index is 12.0. The number of carbonyl (C=O) groups excluding carboxylic acids is 1. The van der Waals surface area contributed by atoms with Crippen LogP contribution in [-0.2, 0) is 11.3 Å². The Morgan fingerprint density at radius 1 is 1.25 bits per heavy atom. The molecule has 2 aromatic rings. The highest BCUT2D eigenvalue weighted by Crippen LogP contribution is 2.19. The topological polar surface area (TPSA) is 51.1 Å². The van der Waals surface area contributed by atoms with Gasteiger partial charge in [-0.05, 0) is 43.7 Å². The van der Waals surface area contributed by atoms with Crippen molar-refractivity contribution in [3.05, 3.63) is 63.0 Å². The smallest absolute Gasteiger partial charge is 0.253 e. The zero-order valence-corrected chi connectivity index (χ0v) is 12.1. The number of nitrogens with zero attached hydrogens (tertiary/aromatic N) is 1. The van der Waals surface area contributed by atoms with E-state index in [-0.39, 0.29) is 18.0 Å². The van der Waals surface area contributed by atoms with E-state index in [1.54, 1.807) is 43.5 Å². The predicted molar refractivity (Wildman–Crippen MR) is 80.3 cm³/mol. The Balaban J connectivity index is 2.13. The molecule has 4 nitrogen and oxygen atoms in total. The molecule has 1 aromatic heterocycles. The lowest BCUT2D eigenvalue weighted by Gasteiger charge is -2.10. The summed E-state index contributed by atoms with van der Waals surface area (Å²) in [5.41, 5.74) is 2.03. The van der Waals surface area contributed by atoms with Gasteiger partial charge >= 0.3 is 0 Å². The largest absolute Gasteiger partial charge is 0.324 e. The fraction of sp³-hybridized carbons (Fsp3) is 0.200. The lowest BCUT2D eigenvalue weighted by atomic mass is 10.2. The van der Waals surface area contributed by atoms with Gasteiger partial charge in [-0.15, -0.1) is 0 Å². The van der Waals surface area contributed by atoms with Gasteiger partial charge in [0, 0.05) is 22.5 Å². The Labute approximate surface area is 122 Å². The van der Waals surface area contributed by atoms with E-state index in [0.29, 0.717) is 16.3 Å². The van der Waals surface area contributed by atoms with Crippen molar-refractivity contribution in [1.82, 2.24) is 4.57 Å². The van der Waals surface area contributed by atoms with Gasteiger partial charge in [-0.1, -0.05) is 17.7 Å². The average Bonchev–Trinajstić information content (AvgIpc) is 2.38. The van der Waals surface area contributed by atoms with Crippen molar-refractivity contribution in [2.24, 2.45) is 0 Å². The number of anilines is 1. The zero-order chi connectivity index (χ0) is 14.7. The van der Waals surface area contributed by atoms with Crippen molar-refractivity contribution in [3.63, 3.8) is 0 Å². The first-order chi connectivity index (χ1) is 9.47. The molecule has 1 amide bonds. The predicted octanol–water partition coefficient (Wildman–Crippen LogP) is 2.76. The van der Waals surface area contributed by atoms with Crippen LogP contribution >= 0.6 is 11.6 Å². The standard InChI is InChI=1S/C15H15ClN2O2/c1-10-4-3-7-18(15(10)20)9-14(19)17-13-6-5-12(16)8-11(13)2/h3-8H,9H2,1-2H3,(H,17,19). The van der Waals surface area contributed by atoms with Crippen LogP contribution in [-0.4, -0.2) is 10.5 Å². The van der Waals surface area contributed by atoms with E-state index in [1.807, 2.05) is 6.92 Å². The summed E-state index contributed by atoms with van der Waals surface area (Å²) in [7, 11) is 0. The third kappa shape index (κ3) is 3.27. The van der Waals surface area contributed by atoms with E-state index in [4.69, 9.17) is 11.6 Å². The van der Waals surface area contributed by atoms with Crippen LogP contribution in [0.25, 0.3) is 0 Å². The van der Waals surface area contributed by atoms with Crippen LogP contribution in [0.5, 0.6) is 0 Å². The Morgan fingerprint density at radius 2 is 2.00 bits per heavy atom. The van der Waals surface area contributed by atoms with Crippen molar-refractivity contribution in [2.75, 3.05) is 5.32 Å². The third-order valence-corrected chi connectivity index (χ3v) is 3.22. The molecule has 0 aliphatic heterocycles. The number of carbonyl (C=O) groups is 1. The molecule has 1 aromatic carbocycles. The molecule has 1 heterocycles. The molecular formula is C15H15ClN2O2.